The zero-order chi connectivity index (χ0) is 20.8. The van der Waals surface area contributed by atoms with Crippen molar-refractivity contribution in [3.63, 3.8) is 0 Å². The van der Waals surface area contributed by atoms with E-state index in [1.54, 1.807) is 42.5 Å². The highest BCUT2D eigenvalue weighted by molar-refractivity contribution is 7.80. The highest BCUT2D eigenvalue weighted by Crippen LogP contribution is 2.38. The molecule has 1 aromatic carbocycles. The lowest BCUT2D eigenvalue weighted by Crippen LogP contribution is -2.20. The Morgan fingerprint density at radius 2 is 1.79 bits per heavy atom. The number of thiocarbonyl (C=S) groups is 1. The molecule has 0 fully saturated rings. The van der Waals surface area contributed by atoms with Gasteiger partial charge in [-0.15, -0.1) is 11.3 Å². The summed E-state index contributed by atoms with van der Waals surface area (Å²) in [5.41, 5.74) is 2.90. The van der Waals surface area contributed by atoms with Gasteiger partial charge in [0.25, 0.3) is 0 Å². The first-order chi connectivity index (χ1) is 14.0. The summed E-state index contributed by atoms with van der Waals surface area (Å²) >= 11 is 7.02. The molecule has 154 valence electrons. The molecule has 2 aromatic rings. The van der Waals surface area contributed by atoms with E-state index >= 15 is 0 Å². The molecule has 0 amide bonds. The van der Waals surface area contributed by atoms with Crippen LogP contribution in [0.1, 0.15) is 57.3 Å². The fourth-order valence-electron chi connectivity index (χ4n) is 3.32. The summed E-state index contributed by atoms with van der Waals surface area (Å²) < 4.78 is 10.0. The molecule has 1 aromatic heterocycles. The van der Waals surface area contributed by atoms with Crippen LogP contribution in [0.4, 0.5) is 10.7 Å². The second kappa shape index (κ2) is 9.84. The van der Waals surface area contributed by atoms with Crippen LogP contribution in [0.2, 0.25) is 0 Å². The Hall–Kier alpha value is -2.45. The maximum Gasteiger partial charge on any atom is 0.341 e. The monoisotopic (exact) mass is 432 g/mol. The second-order valence-electron chi connectivity index (χ2n) is 6.64. The van der Waals surface area contributed by atoms with Crippen LogP contribution in [0.3, 0.4) is 0 Å². The van der Waals surface area contributed by atoms with Gasteiger partial charge in [-0.25, -0.2) is 9.59 Å². The van der Waals surface area contributed by atoms with Gasteiger partial charge in [0, 0.05) is 10.6 Å². The number of methoxy groups -OCH3 is 1. The van der Waals surface area contributed by atoms with Crippen LogP contribution in [-0.2, 0) is 22.3 Å². The summed E-state index contributed by atoms with van der Waals surface area (Å²) in [5, 5.41) is 7.35. The first kappa shape index (κ1) is 21.3. The lowest BCUT2D eigenvalue weighted by atomic mass is 10.1. The minimum Gasteiger partial charge on any atom is -0.465 e. The van der Waals surface area contributed by atoms with Crippen molar-refractivity contribution in [2.75, 3.05) is 24.4 Å². The van der Waals surface area contributed by atoms with Crippen LogP contribution in [-0.4, -0.2) is 30.8 Å². The molecule has 3 rings (SSSR count). The van der Waals surface area contributed by atoms with Gasteiger partial charge in [0.1, 0.15) is 5.00 Å². The van der Waals surface area contributed by atoms with E-state index in [0.717, 1.165) is 41.9 Å². The maximum atomic E-state index is 12.6. The summed E-state index contributed by atoms with van der Waals surface area (Å²) in [4.78, 5) is 25.4. The molecule has 1 heterocycles. The topological polar surface area (TPSA) is 76.7 Å². The van der Waals surface area contributed by atoms with E-state index in [1.807, 2.05) is 0 Å². The summed E-state index contributed by atoms with van der Waals surface area (Å²) in [6, 6.07) is 6.81. The lowest BCUT2D eigenvalue weighted by molar-refractivity contribution is 0.0525. The van der Waals surface area contributed by atoms with Crippen LogP contribution >= 0.6 is 23.6 Å². The smallest absolute Gasteiger partial charge is 0.341 e. The molecule has 2 N–H and O–H groups in total. The molecule has 0 aliphatic heterocycles. The van der Waals surface area contributed by atoms with E-state index in [0.29, 0.717) is 22.8 Å². The van der Waals surface area contributed by atoms with Crippen molar-refractivity contribution >= 4 is 51.3 Å². The average Bonchev–Trinajstić information content (AvgIpc) is 2.88. The van der Waals surface area contributed by atoms with E-state index in [1.165, 1.54) is 18.4 Å². The molecular weight excluding hydrogens is 408 g/mol. The van der Waals surface area contributed by atoms with Crippen molar-refractivity contribution < 1.29 is 19.1 Å². The number of hydrogen-bond donors (Lipinski definition) is 2. The molecule has 1 aliphatic carbocycles. The van der Waals surface area contributed by atoms with E-state index in [2.05, 4.69) is 10.6 Å². The Kier molecular flexibility index (Phi) is 7.22. The molecule has 0 atom stereocenters. The van der Waals surface area contributed by atoms with Crippen molar-refractivity contribution in [1.82, 2.24) is 0 Å². The number of carbonyl (C=O) groups is 2. The Labute approximate surface area is 179 Å². The fraction of sp³-hybridized carbons (Fsp3) is 0.381. The molecule has 0 radical (unpaired) electrons. The number of ether oxygens (including phenoxy) is 2. The number of esters is 2. The first-order valence-corrected chi connectivity index (χ1v) is 10.8. The van der Waals surface area contributed by atoms with Gasteiger partial charge in [0.2, 0.25) is 0 Å². The molecule has 0 saturated carbocycles. The SMILES string of the molecule is CCOC(=O)c1c(NC(=S)Nc2ccc(C(=O)OC)cc2)sc2c1CCCCC2. The molecule has 1 aliphatic rings. The van der Waals surface area contributed by atoms with Gasteiger partial charge < -0.3 is 20.1 Å². The molecule has 6 nitrogen and oxygen atoms in total. The third-order valence-electron chi connectivity index (χ3n) is 4.69. The number of rotatable bonds is 5. The number of benzene rings is 1. The van der Waals surface area contributed by atoms with Crippen molar-refractivity contribution in [3.8, 4) is 0 Å². The zero-order valence-electron chi connectivity index (χ0n) is 16.5. The molecule has 8 heteroatoms. The lowest BCUT2D eigenvalue weighted by Gasteiger charge is -2.12. The van der Waals surface area contributed by atoms with Gasteiger partial charge in [-0.1, -0.05) is 6.42 Å². The number of nitrogens with one attached hydrogen (secondary N) is 2. The zero-order valence-corrected chi connectivity index (χ0v) is 18.1. The standard InChI is InChI=1S/C21H24N2O4S2/c1-3-27-20(25)17-15-7-5-4-6-8-16(15)29-18(17)23-21(28)22-14-11-9-13(10-12-14)19(24)26-2/h9-12H,3-8H2,1-2H3,(H2,22,23,28). The molecule has 29 heavy (non-hydrogen) atoms. The number of fused-ring (bicyclic) bond motifs is 1. The Balaban J connectivity index is 1.77. The van der Waals surface area contributed by atoms with Gasteiger partial charge in [-0.3, -0.25) is 0 Å². The summed E-state index contributed by atoms with van der Waals surface area (Å²) in [7, 11) is 1.34. The Morgan fingerprint density at radius 3 is 2.48 bits per heavy atom. The number of hydrogen-bond acceptors (Lipinski definition) is 6. The summed E-state index contributed by atoms with van der Waals surface area (Å²) in [5.74, 6) is -0.698. The van der Waals surface area contributed by atoms with Gasteiger partial charge in [-0.2, -0.15) is 0 Å². The van der Waals surface area contributed by atoms with Crippen LogP contribution in [0.25, 0.3) is 0 Å². The largest absolute Gasteiger partial charge is 0.465 e. The first-order valence-electron chi connectivity index (χ1n) is 9.61. The molecule has 0 saturated heterocycles. The molecule has 0 spiro atoms. The van der Waals surface area contributed by atoms with E-state index in [-0.39, 0.29) is 5.97 Å². The van der Waals surface area contributed by atoms with Crippen molar-refractivity contribution in [1.29, 1.82) is 0 Å². The van der Waals surface area contributed by atoms with Crippen LogP contribution in [0, 0.1) is 0 Å². The fourth-order valence-corrected chi connectivity index (χ4v) is 4.89. The molecule has 0 bridgehead atoms. The van der Waals surface area contributed by atoms with Crippen LogP contribution < -0.4 is 10.6 Å². The predicted octanol–water partition coefficient (Wildman–Crippen LogP) is 4.79. The predicted molar refractivity (Wildman–Crippen MR) is 119 cm³/mol. The number of thiophene rings is 1. The van der Waals surface area contributed by atoms with Gasteiger partial charge in [0.15, 0.2) is 5.11 Å². The van der Waals surface area contributed by atoms with Crippen molar-refractivity contribution in [2.24, 2.45) is 0 Å². The quantitative estimate of drug-likeness (QED) is 0.400. The maximum absolute atomic E-state index is 12.6. The van der Waals surface area contributed by atoms with Gasteiger partial charge in [0.05, 0.1) is 24.8 Å². The number of carbonyl (C=O) groups excluding carboxylic acids is 2. The minimum atomic E-state index is -0.392. The second-order valence-corrected chi connectivity index (χ2v) is 8.15. The van der Waals surface area contributed by atoms with Crippen LogP contribution in [0.15, 0.2) is 24.3 Å². The van der Waals surface area contributed by atoms with Crippen molar-refractivity contribution in [2.45, 2.75) is 39.0 Å². The van der Waals surface area contributed by atoms with E-state index in [4.69, 9.17) is 21.7 Å². The normalized spacial score (nSPS) is 13.0. The Bertz CT molecular complexity index is 906. The van der Waals surface area contributed by atoms with Crippen LogP contribution in [0.5, 0.6) is 0 Å². The van der Waals surface area contributed by atoms with E-state index < -0.39 is 5.97 Å². The van der Waals surface area contributed by atoms with Gasteiger partial charge >= 0.3 is 11.9 Å². The minimum absolute atomic E-state index is 0.306. The third-order valence-corrected chi connectivity index (χ3v) is 6.10. The van der Waals surface area contributed by atoms with Gasteiger partial charge in [-0.05, 0) is 74.7 Å². The number of aryl methyl sites for hydroxylation is 1. The third kappa shape index (κ3) is 5.13. The highest BCUT2D eigenvalue weighted by atomic mass is 32.1. The highest BCUT2D eigenvalue weighted by Gasteiger charge is 2.26. The Morgan fingerprint density at radius 1 is 1.07 bits per heavy atom. The number of anilines is 2. The molecular formula is C21H24N2O4S2. The summed E-state index contributed by atoms with van der Waals surface area (Å²) in [6.07, 6.45) is 5.24. The molecule has 0 unspecified atom stereocenters. The van der Waals surface area contributed by atoms with Crippen molar-refractivity contribution in [3.05, 3.63) is 45.8 Å². The summed E-state index contributed by atoms with van der Waals surface area (Å²) in [6.45, 7) is 2.14. The van der Waals surface area contributed by atoms with E-state index in [9.17, 15) is 9.59 Å². The average molecular weight is 433 g/mol.